The summed E-state index contributed by atoms with van der Waals surface area (Å²) >= 11 is 0. The molecule has 0 aliphatic heterocycles. The van der Waals surface area contributed by atoms with E-state index in [1.165, 1.54) is 7.11 Å². The Morgan fingerprint density at radius 2 is 2.00 bits per heavy atom. The number of ether oxygens (including phenoxy) is 1. The van der Waals surface area contributed by atoms with Crippen LogP contribution in [0.1, 0.15) is 24.9 Å². The van der Waals surface area contributed by atoms with Crippen LogP contribution in [-0.4, -0.2) is 20.1 Å². The third kappa shape index (κ3) is 2.83. The smallest absolute Gasteiger partial charge is 0.310 e. The zero-order valence-corrected chi connectivity index (χ0v) is 10.1. The molecule has 0 bridgehead atoms. The van der Waals surface area contributed by atoms with Gasteiger partial charge < -0.3 is 10.1 Å². The molecular formula is C13H19NO2. The molecule has 0 saturated heterocycles. The fourth-order valence-electron chi connectivity index (χ4n) is 1.95. The molecule has 0 amide bonds. The van der Waals surface area contributed by atoms with Crippen LogP contribution in [0.25, 0.3) is 0 Å². The molecule has 3 nitrogen and oxygen atoms in total. The van der Waals surface area contributed by atoms with E-state index in [0.717, 1.165) is 12.0 Å². The molecule has 1 rings (SSSR count). The van der Waals surface area contributed by atoms with Crippen LogP contribution in [0.15, 0.2) is 30.3 Å². The van der Waals surface area contributed by atoms with Gasteiger partial charge in [0.2, 0.25) is 0 Å². The summed E-state index contributed by atoms with van der Waals surface area (Å²) in [6.07, 6.45) is 0.757. The second kappa shape index (κ2) is 6.28. The fourth-order valence-corrected chi connectivity index (χ4v) is 1.95. The lowest BCUT2D eigenvalue weighted by Crippen LogP contribution is -2.31. The Labute approximate surface area is 96.8 Å². The summed E-state index contributed by atoms with van der Waals surface area (Å²) in [5.74, 6) is -0.303. The molecule has 2 unspecified atom stereocenters. The largest absolute Gasteiger partial charge is 0.469 e. The van der Waals surface area contributed by atoms with Crippen molar-refractivity contribution >= 4 is 5.97 Å². The molecule has 0 aliphatic carbocycles. The molecule has 3 heteroatoms. The molecule has 0 spiro atoms. The molecule has 1 aromatic rings. The van der Waals surface area contributed by atoms with Gasteiger partial charge in [0.05, 0.1) is 13.0 Å². The molecule has 0 saturated carbocycles. The Morgan fingerprint density at radius 1 is 1.38 bits per heavy atom. The van der Waals surface area contributed by atoms with Crippen molar-refractivity contribution in [2.24, 2.45) is 5.92 Å². The minimum Gasteiger partial charge on any atom is -0.469 e. The first-order chi connectivity index (χ1) is 7.74. The second-order valence-electron chi connectivity index (χ2n) is 3.71. The standard InChI is InChI=1S/C13H19NO2/c1-4-11(13(15)16-3)12(14-2)10-8-6-5-7-9-10/h5-9,11-12,14H,4H2,1-3H3. The van der Waals surface area contributed by atoms with Crippen molar-refractivity contribution in [1.29, 1.82) is 0 Å². The third-order valence-corrected chi connectivity index (χ3v) is 2.82. The Hall–Kier alpha value is -1.35. The van der Waals surface area contributed by atoms with Crippen LogP contribution >= 0.6 is 0 Å². The number of nitrogens with one attached hydrogen (secondary N) is 1. The van der Waals surface area contributed by atoms with E-state index in [-0.39, 0.29) is 17.9 Å². The first kappa shape index (κ1) is 12.7. The zero-order valence-electron chi connectivity index (χ0n) is 10.1. The van der Waals surface area contributed by atoms with Crippen LogP contribution in [0.5, 0.6) is 0 Å². The molecule has 2 atom stereocenters. The van der Waals surface area contributed by atoms with Crippen molar-refractivity contribution in [1.82, 2.24) is 5.32 Å². The van der Waals surface area contributed by atoms with Crippen LogP contribution in [0.4, 0.5) is 0 Å². The van der Waals surface area contributed by atoms with E-state index in [2.05, 4.69) is 5.32 Å². The van der Waals surface area contributed by atoms with E-state index in [9.17, 15) is 4.79 Å². The minimum atomic E-state index is -0.161. The van der Waals surface area contributed by atoms with Crippen LogP contribution in [0, 0.1) is 5.92 Å². The first-order valence-corrected chi connectivity index (χ1v) is 5.54. The van der Waals surface area contributed by atoms with Gasteiger partial charge in [-0.1, -0.05) is 37.3 Å². The monoisotopic (exact) mass is 221 g/mol. The van der Waals surface area contributed by atoms with Gasteiger partial charge in [0.15, 0.2) is 0 Å². The van der Waals surface area contributed by atoms with Crippen molar-refractivity contribution in [3.05, 3.63) is 35.9 Å². The quantitative estimate of drug-likeness (QED) is 0.774. The molecule has 1 N–H and O–H groups in total. The summed E-state index contributed by atoms with van der Waals surface area (Å²) < 4.78 is 4.83. The van der Waals surface area contributed by atoms with E-state index >= 15 is 0 Å². The molecule has 0 aromatic heterocycles. The predicted molar refractivity (Wildman–Crippen MR) is 64.0 cm³/mol. The van der Waals surface area contributed by atoms with Crippen LogP contribution in [0.2, 0.25) is 0 Å². The topological polar surface area (TPSA) is 38.3 Å². The van der Waals surface area contributed by atoms with E-state index in [4.69, 9.17) is 4.74 Å². The van der Waals surface area contributed by atoms with Gasteiger partial charge in [0.1, 0.15) is 0 Å². The summed E-state index contributed by atoms with van der Waals surface area (Å²) in [6, 6.07) is 9.97. The highest BCUT2D eigenvalue weighted by atomic mass is 16.5. The van der Waals surface area contributed by atoms with Gasteiger partial charge in [-0.15, -0.1) is 0 Å². The van der Waals surface area contributed by atoms with Crippen LogP contribution in [-0.2, 0) is 9.53 Å². The second-order valence-corrected chi connectivity index (χ2v) is 3.71. The third-order valence-electron chi connectivity index (χ3n) is 2.82. The zero-order chi connectivity index (χ0) is 12.0. The number of rotatable bonds is 5. The molecule has 1 aromatic carbocycles. The number of carbonyl (C=O) groups excluding carboxylic acids is 1. The van der Waals surface area contributed by atoms with Gasteiger partial charge >= 0.3 is 5.97 Å². The molecule has 0 heterocycles. The molecule has 88 valence electrons. The Kier molecular flexibility index (Phi) is 4.99. The highest BCUT2D eigenvalue weighted by Gasteiger charge is 2.27. The minimum absolute atomic E-state index is 0.0126. The number of hydrogen-bond acceptors (Lipinski definition) is 3. The van der Waals surface area contributed by atoms with Gasteiger partial charge in [0.25, 0.3) is 0 Å². The highest BCUT2D eigenvalue weighted by Crippen LogP contribution is 2.25. The maximum Gasteiger partial charge on any atom is 0.310 e. The van der Waals surface area contributed by atoms with Gasteiger partial charge in [-0.25, -0.2) is 0 Å². The average molecular weight is 221 g/mol. The number of methoxy groups -OCH3 is 1. The number of esters is 1. The van der Waals surface area contributed by atoms with E-state index < -0.39 is 0 Å². The fraction of sp³-hybridized carbons (Fsp3) is 0.462. The highest BCUT2D eigenvalue weighted by molar-refractivity contribution is 5.73. The Bertz CT molecular complexity index is 324. The Morgan fingerprint density at radius 3 is 2.44 bits per heavy atom. The predicted octanol–water partition coefficient (Wildman–Crippen LogP) is 2.15. The number of hydrogen-bond donors (Lipinski definition) is 1. The van der Waals surface area contributed by atoms with E-state index in [1.54, 1.807) is 0 Å². The van der Waals surface area contributed by atoms with Gasteiger partial charge in [-0.3, -0.25) is 4.79 Å². The van der Waals surface area contributed by atoms with Crippen molar-refractivity contribution in [3.8, 4) is 0 Å². The maximum absolute atomic E-state index is 11.7. The lowest BCUT2D eigenvalue weighted by Gasteiger charge is -2.24. The molecule has 16 heavy (non-hydrogen) atoms. The Balaban J connectivity index is 2.92. The van der Waals surface area contributed by atoms with Crippen molar-refractivity contribution in [2.45, 2.75) is 19.4 Å². The van der Waals surface area contributed by atoms with E-state index in [1.807, 2.05) is 44.3 Å². The summed E-state index contributed by atoms with van der Waals surface area (Å²) in [5.41, 5.74) is 1.11. The molecule has 0 radical (unpaired) electrons. The lowest BCUT2D eigenvalue weighted by atomic mass is 9.91. The van der Waals surface area contributed by atoms with Gasteiger partial charge in [-0.05, 0) is 19.0 Å². The summed E-state index contributed by atoms with van der Waals surface area (Å²) in [7, 11) is 3.30. The van der Waals surface area contributed by atoms with Crippen molar-refractivity contribution in [3.63, 3.8) is 0 Å². The normalized spacial score (nSPS) is 14.2. The molecular weight excluding hydrogens is 202 g/mol. The molecule has 0 aliphatic rings. The van der Waals surface area contributed by atoms with E-state index in [0.29, 0.717) is 0 Å². The summed E-state index contributed by atoms with van der Waals surface area (Å²) in [4.78, 5) is 11.7. The number of benzene rings is 1. The first-order valence-electron chi connectivity index (χ1n) is 5.54. The van der Waals surface area contributed by atoms with Crippen LogP contribution < -0.4 is 5.32 Å². The maximum atomic E-state index is 11.7. The van der Waals surface area contributed by atoms with Crippen molar-refractivity contribution in [2.75, 3.05) is 14.2 Å². The van der Waals surface area contributed by atoms with Crippen LogP contribution in [0.3, 0.4) is 0 Å². The lowest BCUT2D eigenvalue weighted by molar-refractivity contribution is -0.146. The van der Waals surface area contributed by atoms with Gasteiger partial charge in [0, 0.05) is 6.04 Å². The summed E-state index contributed by atoms with van der Waals surface area (Å²) in [6.45, 7) is 1.99. The molecule has 0 fully saturated rings. The number of carbonyl (C=O) groups is 1. The van der Waals surface area contributed by atoms with Crippen molar-refractivity contribution < 1.29 is 9.53 Å². The van der Waals surface area contributed by atoms with Gasteiger partial charge in [-0.2, -0.15) is 0 Å². The summed E-state index contributed by atoms with van der Waals surface area (Å²) in [5, 5.41) is 3.18. The average Bonchev–Trinajstić information content (AvgIpc) is 2.36. The SMILES string of the molecule is CCC(C(=O)OC)C(NC)c1ccccc1.